The normalized spacial score (nSPS) is 18.0. The van der Waals surface area contributed by atoms with Crippen LogP contribution in [0.2, 0.25) is 0 Å². The largest absolute Gasteiger partial charge is 0.454 e. The first-order valence-corrected chi connectivity index (χ1v) is 9.18. The van der Waals surface area contributed by atoms with E-state index in [1.807, 2.05) is 51.1 Å². The van der Waals surface area contributed by atoms with Crippen molar-refractivity contribution in [3.8, 4) is 11.5 Å². The fourth-order valence-electron chi connectivity index (χ4n) is 3.54. The number of nitrogen functional groups attached to an aromatic ring is 1. The minimum Gasteiger partial charge on any atom is -0.454 e. The summed E-state index contributed by atoms with van der Waals surface area (Å²) in [6.45, 7) is 6.06. The van der Waals surface area contributed by atoms with Gasteiger partial charge in [-0.05, 0) is 55.7 Å². The fourth-order valence-corrected chi connectivity index (χ4v) is 3.54. The average Bonchev–Trinajstić information content (AvgIpc) is 3.05. The lowest BCUT2D eigenvalue weighted by molar-refractivity contribution is -0.132. The first kappa shape index (κ1) is 17.4. The van der Waals surface area contributed by atoms with Gasteiger partial charge in [0.15, 0.2) is 11.5 Å². The highest BCUT2D eigenvalue weighted by molar-refractivity contribution is 6.14. The third-order valence-corrected chi connectivity index (χ3v) is 5.10. The summed E-state index contributed by atoms with van der Waals surface area (Å²) in [5, 5.41) is 6.40. The molecule has 0 saturated carbocycles. The van der Waals surface area contributed by atoms with Crippen LogP contribution in [0.5, 0.6) is 11.5 Å². The van der Waals surface area contributed by atoms with Crippen molar-refractivity contribution in [1.29, 1.82) is 0 Å². The van der Waals surface area contributed by atoms with Crippen LogP contribution in [0, 0.1) is 6.92 Å². The molecule has 2 heterocycles. The van der Waals surface area contributed by atoms with Crippen LogP contribution in [0.3, 0.4) is 0 Å². The standard InChI is InChI=1S/C21H23N3O3/c1-4-20(25)24-13(3)8-15-9-18-19(27-11-26-18)10-16(15)21(23-24)14-5-6-17(22)12(2)7-14/h5-7,9-10,13H,4,8,11,22H2,1-3H3/t13-/m1/s1. The molecule has 0 saturated heterocycles. The summed E-state index contributed by atoms with van der Waals surface area (Å²) in [7, 11) is 0. The van der Waals surface area contributed by atoms with E-state index in [-0.39, 0.29) is 18.7 Å². The molecule has 27 heavy (non-hydrogen) atoms. The molecular weight excluding hydrogens is 342 g/mol. The molecule has 0 spiro atoms. The summed E-state index contributed by atoms with van der Waals surface area (Å²) in [4.78, 5) is 12.5. The molecule has 6 heteroatoms. The summed E-state index contributed by atoms with van der Waals surface area (Å²) in [6, 6.07) is 9.75. The molecule has 0 aromatic heterocycles. The predicted octanol–water partition coefficient (Wildman–Crippen LogP) is 3.24. The molecule has 0 radical (unpaired) electrons. The number of nitrogens with zero attached hydrogens (tertiary/aromatic N) is 2. The Bertz CT molecular complexity index is 952. The van der Waals surface area contributed by atoms with Crippen molar-refractivity contribution in [2.75, 3.05) is 12.5 Å². The second-order valence-electron chi connectivity index (χ2n) is 7.03. The molecular formula is C21H23N3O3. The van der Waals surface area contributed by atoms with Gasteiger partial charge in [0.2, 0.25) is 12.7 Å². The Kier molecular flexibility index (Phi) is 4.26. The quantitative estimate of drug-likeness (QED) is 0.829. The maximum Gasteiger partial charge on any atom is 0.242 e. The lowest BCUT2D eigenvalue weighted by atomic mass is 9.93. The van der Waals surface area contributed by atoms with Crippen LogP contribution in [0.25, 0.3) is 0 Å². The molecule has 0 bridgehead atoms. The van der Waals surface area contributed by atoms with E-state index in [9.17, 15) is 4.79 Å². The molecule has 0 aliphatic carbocycles. The number of benzene rings is 2. The number of aryl methyl sites for hydroxylation is 1. The molecule has 2 aliphatic rings. The zero-order valence-electron chi connectivity index (χ0n) is 15.8. The van der Waals surface area contributed by atoms with Crippen LogP contribution in [-0.4, -0.2) is 29.5 Å². The average molecular weight is 365 g/mol. The Labute approximate surface area is 158 Å². The van der Waals surface area contributed by atoms with E-state index >= 15 is 0 Å². The molecule has 4 rings (SSSR count). The minimum atomic E-state index is -0.0519. The number of carbonyl (C=O) groups is 1. The Hall–Kier alpha value is -3.02. The highest BCUT2D eigenvalue weighted by Crippen LogP contribution is 2.37. The molecule has 1 amide bonds. The van der Waals surface area contributed by atoms with Crippen LogP contribution < -0.4 is 15.2 Å². The lowest BCUT2D eigenvalue weighted by Crippen LogP contribution is -2.34. The van der Waals surface area contributed by atoms with Gasteiger partial charge >= 0.3 is 0 Å². The van der Waals surface area contributed by atoms with Gasteiger partial charge in [0, 0.05) is 23.2 Å². The van der Waals surface area contributed by atoms with Crippen molar-refractivity contribution in [2.45, 2.75) is 39.7 Å². The number of hydrogen-bond acceptors (Lipinski definition) is 5. The highest BCUT2D eigenvalue weighted by Gasteiger charge is 2.29. The van der Waals surface area contributed by atoms with Gasteiger partial charge < -0.3 is 15.2 Å². The summed E-state index contributed by atoms with van der Waals surface area (Å²) in [6.07, 6.45) is 1.10. The molecule has 2 aromatic carbocycles. The van der Waals surface area contributed by atoms with E-state index in [2.05, 4.69) is 0 Å². The first-order valence-electron chi connectivity index (χ1n) is 9.18. The molecule has 6 nitrogen and oxygen atoms in total. The van der Waals surface area contributed by atoms with E-state index in [1.165, 1.54) is 0 Å². The summed E-state index contributed by atoms with van der Waals surface area (Å²) in [5.41, 5.74) is 11.4. The Morgan fingerprint density at radius 1 is 1.26 bits per heavy atom. The second kappa shape index (κ2) is 6.61. The number of ether oxygens (including phenoxy) is 2. The molecule has 1 atom stereocenters. The van der Waals surface area contributed by atoms with Crippen molar-refractivity contribution in [2.24, 2.45) is 5.10 Å². The van der Waals surface area contributed by atoms with Crippen LogP contribution in [0.4, 0.5) is 5.69 Å². The summed E-state index contributed by atoms with van der Waals surface area (Å²) < 4.78 is 11.1. The van der Waals surface area contributed by atoms with Crippen LogP contribution in [-0.2, 0) is 11.2 Å². The number of hydrazone groups is 1. The number of carbonyl (C=O) groups excluding carboxylic acids is 1. The van der Waals surface area contributed by atoms with Crippen molar-refractivity contribution < 1.29 is 14.3 Å². The number of fused-ring (bicyclic) bond motifs is 2. The van der Waals surface area contributed by atoms with Gasteiger partial charge in [0.05, 0.1) is 11.8 Å². The Morgan fingerprint density at radius 3 is 2.70 bits per heavy atom. The second-order valence-corrected chi connectivity index (χ2v) is 7.03. The molecule has 0 fully saturated rings. The molecule has 2 aliphatic heterocycles. The van der Waals surface area contributed by atoms with E-state index in [0.29, 0.717) is 18.6 Å². The number of anilines is 1. The van der Waals surface area contributed by atoms with Gasteiger partial charge in [0.25, 0.3) is 0 Å². The number of nitrogens with two attached hydrogens (primary N) is 1. The first-order chi connectivity index (χ1) is 13.0. The van der Waals surface area contributed by atoms with Gasteiger partial charge in [-0.25, -0.2) is 5.01 Å². The van der Waals surface area contributed by atoms with Gasteiger partial charge in [-0.3, -0.25) is 4.79 Å². The van der Waals surface area contributed by atoms with Crippen molar-refractivity contribution in [1.82, 2.24) is 5.01 Å². The van der Waals surface area contributed by atoms with E-state index in [0.717, 1.165) is 39.4 Å². The van der Waals surface area contributed by atoms with Gasteiger partial charge in [-0.1, -0.05) is 13.0 Å². The van der Waals surface area contributed by atoms with Crippen molar-refractivity contribution >= 4 is 17.3 Å². The van der Waals surface area contributed by atoms with Crippen LogP contribution in [0.1, 0.15) is 42.5 Å². The Balaban J connectivity index is 1.93. The van der Waals surface area contributed by atoms with Crippen LogP contribution >= 0.6 is 0 Å². The minimum absolute atomic E-state index is 0.0000131. The lowest BCUT2D eigenvalue weighted by Gasteiger charge is -2.22. The SMILES string of the molecule is CCC(=O)N1N=C(c2ccc(N)c(C)c2)c2cc3c(cc2C[C@H]1C)OCO3. The smallest absolute Gasteiger partial charge is 0.242 e. The maximum atomic E-state index is 12.5. The van der Waals surface area contributed by atoms with E-state index in [4.69, 9.17) is 20.3 Å². The third kappa shape index (κ3) is 3.01. The summed E-state index contributed by atoms with van der Waals surface area (Å²) >= 11 is 0. The van der Waals surface area contributed by atoms with E-state index in [1.54, 1.807) is 5.01 Å². The zero-order chi connectivity index (χ0) is 19.1. The zero-order valence-corrected chi connectivity index (χ0v) is 15.8. The van der Waals surface area contributed by atoms with Crippen molar-refractivity contribution in [3.05, 3.63) is 52.6 Å². The Morgan fingerprint density at radius 2 is 2.00 bits per heavy atom. The van der Waals surface area contributed by atoms with Crippen LogP contribution in [0.15, 0.2) is 35.4 Å². The molecule has 2 aromatic rings. The van der Waals surface area contributed by atoms with Gasteiger partial charge in [-0.15, -0.1) is 0 Å². The fraction of sp³-hybridized carbons (Fsp3) is 0.333. The molecule has 140 valence electrons. The van der Waals surface area contributed by atoms with Gasteiger partial charge in [-0.2, -0.15) is 5.10 Å². The molecule has 0 unspecified atom stereocenters. The molecule has 2 N–H and O–H groups in total. The topological polar surface area (TPSA) is 77.2 Å². The summed E-state index contributed by atoms with van der Waals surface area (Å²) in [5.74, 6) is 1.45. The van der Waals surface area contributed by atoms with Gasteiger partial charge in [0.1, 0.15) is 0 Å². The number of amides is 1. The monoisotopic (exact) mass is 365 g/mol. The highest BCUT2D eigenvalue weighted by atomic mass is 16.7. The third-order valence-electron chi connectivity index (χ3n) is 5.10. The van der Waals surface area contributed by atoms with Crippen molar-refractivity contribution in [3.63, 3.8) is 0 Å². The maximum absolute atomic E-state index is 12.5. The van der Waals surface area contributed by atoms with E-state index < -0.39 is 0 Å². The number of hydrogen-bond donors (Lipinski definition) is 1. The predicted molar refractivity (Wildman–Crippen MR) is 104 cm³/mol. The number of rotatable bonds is 2.